The predicted molar refractivity (Wildman–Crippen MR) is 152 cm³/mol. The van der Waals surface area contributed by atoms with Crippen molar-refractivity contribution in [3.63, 3.8) is 0 Å². The van der Waals surface area contributed by atoms with Gasteiger partial charge in [-0.3, -0.25) is 9.48 Å². The molecule has 1 amide bonds. The van der Waals surface area contributed by atoms with Gasteiger partial charge in [0.2, 0.25) is 5.60 Å². The number of hydrogen-bond donors (Lipinski definition) is 2. The Morgan fingerprint density at radius 1 is 1.20 bits per heavy atom. The van der Waals surface area contributed by atoms with Crippen molar-refractivity contribution in [2.24, 2.45) is 0 Å². The zero-order valence-electron chi connectivity index (χ0n) is 24.4. The first-order valence-corrected chi connectivity index (χ1v) is 14.1. The number of nitrogens with zero attached hydrogens (tertiary/aromatic N) is 3. The van der Waals surface area contributed by atoms with Crippen molar-refractivity contribution in [1.82, 2.24) is 20.1 Å². The number of nitrogens with one attached hydrogen (secondary N) is 1. The molecule has 45 heavy (non-hydrogen) atoms. The number of alkyl halides is 5. The van der Waals surface area contributed by atoms with Crippen molar-refractivity contribution in [2.45, 2.75) is 56.5 Å². The van der Waals surface area contributed by atoms with E-state index in [1.54, 1.807) is 24.7 Å². The molecule has 1 fully saturated rings. The van der Waals surface area contributed by atoms with Gasteiger partial charge in [-0.15, -0.1) is 0 Å². The van der Waals surface area contributed by atoms with Crippen LogP contribution in [0.4, 0.5) is 22.0 Å². The summed E-state index contributed by atoms with van der Waals surface area (Å²) in [6.45, 7) is -0.832. The standard InChI is InChI=1S/C31H29F5N4O5/c1-29(2)15-44-26-21(29)12-23(38-25(26)16-5-4-6-20(10-16)45-28(32)33)30(42,31(34,35)36)14-37-27(41)17-9-18-13-40(19-7-8-19)39-24(18)22(11-17)43-3/h4-6,9-13,19,28,42H,7-8,14-15H2,1-3H3,(H,37,41)/t30-/m0/s1. The van der Waals surface area contributed by atoms with Crippen LogP contribution >= 0.6 is 0 Å². The highest BCUT2D eigenvalue weighted by molar-refractivity contribution is 6.00. The largest absolute Gasteiger partial charge is 0.494 e. The molecule has 9 nitrogen and oxygen atoms in total. The average Bonchev–Trinajstić information content (AvgIpc) is 3.67. The molecule has 2 N–H and O–H groups in total. The summed E-state index contributed by atoms with van der Waals surface area (Å²) in [6.07, 6.45) is -1.61. The van der Waals surface area contributed by atoms with Crippen molar-refractivity contribution < 1.29 is 46.1 Å². The minimum Gasteiger partial charge on any atom is -0.494 e. The summed E-state index contributed by atoms with van der Waals surface area (Å²) >= 11 is 0. The third-order valence-electron chi connectivity index (χ3n) is 8.00. The number of amides is 1. The van der Waals surface area contributed by atoms with E-state index in [-0.39, 0.29) is 46.7 Å². The fourth-order valence-corrected chi connectivity index (χ4v) is 5.32. The van der Waals surface area contributed by atoms with Crippen molar-refractivity contribution in [2.75, 3.05) is 20.3 Å². The maximum atomic E-state index is 14.7. The first-order valence-electron chi connectivity index (χ1n) is 14.1. The third-order valence-corrected chi connectivity index (χ3v) is 8.00. The molecule has 2 aromatic carbocycles. The van der Waals surface area contributed by atoms with Crippen molar-refractivity contribution in [3.8, 4) is 28.5 Å². The summed E-state index contributed by atoms with van der Waals surface area (Å²) < 4.78 is 87.4. The molecule has 3 heterocycles. The molecule has 6 rings (SSSR count). The Morgan fingerprint density at radius 2 is 1.96 bits per heavy atom. The number of carbonyl (C=O) groups is 1. The summed E-state index contributed by atoms with van der Waals surface area (Å²) in [5.74, 6) is -0.708. The smallest absolute Gasteiger partial charge is 0.424 e. The molecule has 0 spiro atoms. The van der Waals surface area contributed by atoms with E-state index in [1.807, 2.05) is 0 Å². The molecule has 0 radical (unpaired) electrons. The van der Waals surface area contributed by atoms with Gasteiger partial charge in [0, 0.05) is 33.7 Å². The maximum absolute atomic E-state index is 14.7. The summed E-state index contributed by atoms with van der Waals surface area (Å²) in [6, 6.07) is 9.49. The van der Waals surface area contributed by atoms with Gasteiger partial charge in [-0.1, -0.05) is 26.0 Å². The summed E-state index contributed by atoms with van der Waals surface area (Å²) in [5.41, 5.74) is -4.38. The van der Waals surface area contributed by atoms with Gasteiger partial charge in [-0.25, -0.2) is 4.98 Å². The highest BCUT2D eigenvalue weighted by Gasteiger charge is 2.57. The molecular formula is C31H29F5N4O5. The van der Waals surface area contributed by atoms with Gasteiger partial charge in [0.25, 0.3) is 5.91 Å². The first-order chi connectivity index (χ1) is 21.2. The fraction of sp³-hybridized carbons (Fsp3) is 0.387. The molecule has 0 bridgehead atoms. The highest BCUT2D eigenvalue weighted by Crippen LogP contribution is 2.48. The van der Waals surface area contributed by atoms with E-state index in [9.17, 15) is 31.9 Å². The topological polar surface area (TPSA) is 108 Å². The number of methoxy groups -OCH3 is 1. The Kier molecular flexibility index (Phi) is 7.38. The van der Waals surface area contributed by atoms with Crippen LogP contribution in [0.1, 0.15) is 54.3 Å². The molecule has 1 aliphatic heterocycles. The normalized spacial score (nSPS) is 17.1. The molecule has 2 aromatic heterocycles. The Hall–Kier alpha value is -4.46. The molecule has 0 saturated heterocycles. The zero-order valence-corrected chi connectivity index (χ0v) is 24.4. The number of carbonyl (C=O) groups excluding carboxylic acids is 1. The second-order valence-corrected chi connectivity index (χ2v) is 11.8. The van der Waals surface area contributed by atoms with E-state index in [1.165, 1.54) is 43.5 Å². The summed E-state index contributed by atoms with van der Waals surface area (Å²) in [7, 11) is 1.40. The van der Waals surface area contributed by atoms with Gasteiger partial charge < -0.3 is 24.6 Å². The van der Waals surface area contributed by atoms with E-state index >= 15 is 0 Å². The lowest BCUT2D eigenvalue weighted by atomic mass is 9.84. The monoisotopic (exact) mass is 632 g/mol. The molecule has 1 saturated carbocycles. The Bertz CT molecular complexity index is 1790. The van der Waals surface area contributed by atoms with Crippen LogP contribution in [0.3, 0.4) is 0 Å². The van der Waals surface area contributed by atoms with Crippen LogP contribution in [0, 0.1) is 0 Å². The molecule has 14 heteroatoms. The lowest BCUT2D eigenvalue weighted by Gasteiger charge is -2.31. The molecule has 1 atom stereocenters. The minimum atomic E-state index is -5.30. The van der Waals surface area contributed by atoms with Crippen LogP contribution in [0.5, 0.6) is 17.2 Å². The fourth-order valence-electron chi connectivity index (χ4n) is 5.32. The van der Waals surface area contributed by atoms with E-state index in [4.69, 9.17) is 9.47 Å². The van der Waals surface area contributed by atoms with E-state index < -0.39 is 41.9 Å². The second kappa shape index (κ2) is 10.9. The van der Waals surface area contributed by atoms with E-state index in [2.05, 4.69) is 20.1 Å². The maximum Gasteiger partial charge on any atom is 0.424 e. The van der Waals surface area contributed by atoms with Crippen LogP contribution in [-0.2, 0) is 11.0 Å². The quantitative estimate of drug-likeness (QED) is 0.222. The Labute approximate surface area is 253 Å². The first kappa shape index (κ1) is 30.6. The van der Waals surface area contributed by atoms with Crippen molar-refractivity contribution >= 4 is 16.8 Å². The highest BCUT2D eigenvalue weighted by atomic mass is 19.4. The molecular weight excluding hydrogens is 603 g/mol. The summed E-state index contributed by atoms with van der Waals surface area (Å²) in [5, 5.41) is 18.6. The van der Waals surface area contributed by atoms with Gasteiger partial charge >= 0.3 is 12.8 Å². The van der Waals surface area contributed by atoms with Gasteiger partial charge in [0.15, 0.2) is 0 Å². The number of benzene rings is 2. The molecule has 238 valence electrons. The zero-order chi connectivity index (χ0) is 32.3. The van der Waals surface area contributed by atoms with Gasteiger partial charge in [-0.05, 0) is 43.2 Å². The van der Waals surface area contributed by atoms with Gasteiger partial charge in [0.05, 0.1) is 32.0 Å². The lowest BCUT2D eigenvalue weighted by Crippen LogP contribution is -2.51. The second-order valence-electron chi connectivity index (χ2n) is 11.8. The van der Waals surface area contributed by atoms with E-state index in [0.29, 0.717) is 16.5 Å². The van der Waals surface area contributed by atoms with Crippen LogP contribution in [0.2, 0.25) is 0 Å². The third kappa shape index (κ3) is 5.62. The van der Waals surface area contributed by atoms with E-state index in [0.717, 1.165) is 18.9 Å². The molecule has 2 aliphatic rings. The number of halogens is 5. The molecule has 0 unspecified atom stereocenters. The number of ether oxygens (including phenoxy) is 3. The number of aromatic nitrogens is 3. The number of hydrogen-bond acceptors (Lipinski definition) is 7. The summed E-state index contributed by atoms with van der Waals surface area (Å²) in [4.78, 5) is 17.4. The van der Waals surface area contributed by atoms with Crippen molar-refractivity contribution in [3.05, 3.63) is 65.5 Å². The number of rotatable bonds is 9. The number of aliphatic hydroxyl groups is 1. The average molecular weight is 633 g/mol. The number of pyridine rings is 1. The van der Waals surface area contributed by atoms with Crippen LogP contribution in [0.15, 0.2) is 48.7 Å². The Morgan fingerprint density at radius 3 is 2.62 bits per heavy atom. The molecule has 1 aliphatic carbocycles. The lowest BCUT2D eigenvalue weighted by molar-refractivity contribution is -0.265. The van der Waals surface area contributed by atoms with Crippen LogP contribution in [0.25, 0.3) is 22.2 Å². The predicted octanol–water partition coefficient (Wildman–Crippen LogP) is 5.89. The van der Waals surface area contributed by atoms with Gasteiger partial charge in [-0.2, -0.15) is 27.1 Å². The number of fused-ring (bicyclic) bond motifs is 2. The Balaban J connectivity index is 1.37. The molecule has 4 aromatic rings. The van der Waals surface area contributed by atoms with Crippen LogP contribution < -0.4 is 19.5 Å². The minimum absolute atomic E-state index is 0.00667. The van der Waals surface area contributed by atoms with Gasteiger partial charge in [0.1, 0.15) is 28.5 Å². The van der Waals surface area contributed by atoms with Crippen LogP contribution in [-0.4, -0.2) is 58.8 Å². The van der Waals surface area contributed by atoms with Crippen molar-refractivity contribution in [1.29, 1.82) is 0 Å². The SMILES string of the molecule is COc1cc(C(=O)NC[C@](O)(c2cc3c(c(-c4cccc(OC(F)F)c4)n2)OCC3(C)C)C(F)(F)F)cc2cn(C3CC3)nc12.